The van der Waals surface area contributed by atoms with Gasteiger partial charge in [-0.1, -0.05) is 60.2 Å². The topological polar surface area (TPSA) is 84.0 Å². The zero-order chi connectivity index (χ0) is 19.8. The molecule has 3 rings (SSSR count). The van der Waals surface area contributed by atoms with Crippen molar-refractivity contribution in [2.45, 2.75) is 26.3 Å². The molecule has 0 atom stereocenters. The molecule has 7 heteroatoms. The van der Waals surface area contributed by atoms with Crippen molar-refractivity contribution in [2.75, 3.05) is 15.8 Å². The largest absolute Gasteiger partial charge is 0.365 e. The Labute approximate surface area is 166 Å². The molecule has 0 aliphatic carbocycles. The Morgan fingerprint density at radius 3 is 2.18 bits per heavy atom. The molecule has 0 aliphatic heterocycles. The van der Waals surface area contributed by atoms with Crippen LogP contribution in [0.5, 0.6) is 0 Å². The summed E-state index contributed by atoms with van der Waals surface area (Å²) in [5.41, 5.74) is 3.47. The number of aryl methyl sites for hydroxylation is 2. The summed E-state index contributed by atoms with van der Waals surface area (Å²) in [6, 6.07) is 21.4. The molecule has 0 unspecified atom stereocenters. The van der Waals surface area contributed by atoms with E-state index in [4.69, 9.17) is 0 Å². The number of hydrogen-bond acceptors (Lipinski definition) is 5. The van der Waals surface area contributed by atoms with Gasteiger partial charge < -0.3 is 5.32 Å². The average Bonchev–Trinajstić information content (AvgIpc) is 2.69. The highest BCUT2D eigenvalue weighted by Gasteiger charge is 2.11. The van der Waals surface area contributed by atoms with Crippen LogP contribution in [0.15, 0.2) is 66.7 Å². The Kier molecular flexibility index (Phi) is 6.60. The second-order valence-electron chi connectivity index (χ2n) is 6.65. The summed E-state index contributed by atoms with van der Waals surface area (Å²) < 4.78 is 26.9. The van der Waals surface area contributed by atoms with Crippen LogP contribution in [-0.2, 0) is 23.0 Å². The minimum atomic E-state index is -3.45. The third kappa shape index (κ3) is 6.35. The van der Waals surface area contributed by atoms with E-state index in [1.54, 1.807) is 12.1 Å². The second-order valence-corrected chi connectivity index (χ2v) is 8.49. The molecule has 28 heavy (non-hydrogen) atoms. The number of nitrogens with one attached hydrogen (secondary N) is 2. The predicted octanol–water partition coefficient (Wildman–Crippen LogP) is 3.77. The van der Waals surface area contributed by atoms with E-state index < -0.39 is 10.0 Å². The van der Waals surface area contributed by atoms with Crippen molar-refractivity contribution in [1.82, 2.24) is 10.2 Å². The molecule has 6 nitrogen and oxygen atoms in total. The fraction of sp³-hybridized carbons (Fsp3) is 0.238. The monoisotopic (exact) mass is 396 g/mol. The number of rotatable bonds is 9. The molecule has 146 valence electrons. The molecule has 1 heterocycles. The lowest BCUT2D eigenvalue weighted by Gasteiger charge is -2.08. The maximum Gasteiger partial charge on any atom is 0.233 e. The van der Waals surface area contributed by atoms with Gasteiger partial charge in [-0.3, -0.25) is 4.72 Å². The molecule has 3 aromatic rings. The highest BCUT2D eigenvalue weighted by Crippen LogP contribution is 2.11. The van der Waals surface area contributed by atoms with Crippen LogP contribution in [0.25, 0.3) is 0 Å². The molecule has 2 N–H and O–H groups in total. The van der Waals surface area contributed by atoms with Crippen molar-refractivity contribution in [1.29, 1.82) is 0 Å². The normalized spacial score (nSPS) is 11.2. The number of anilines is 2. The van der Waals surface area contributed by atoms with Gasteiger partial charge in [0.15, 0.2) is 5.82 Å². The number of aromatic nitrogens is 2. The van der Waals surface area contributed by atoms with Gasteiger partial charge in [-0.05, 0) is 43.0 Å². The first kappa shape index (κ1) is 19.8. The van der Waals surface area contributed by atoms with Gasteiger partial charge in [0.25, 0.3) is 0 Å². The van der Waals surface area contributed by atoms with E-state index in [2.05, 4.69) is 32.4 Å². The van der Waals surface area contributed by atoms with Crippen LogP contribution >= 0.6 is 0 Å². The van der Waals surface area contributed by atoms with Gasteiger partial charge in [-0.2, -0.15) is 0 Å². The summed E-state index contributed by atoms with van der Waals surface area (Å²) in [5, 5.41) is 11.2. The summed E-state index contributed by atoms with van der Waals surface area (Å²) in [6.45, 7) is 2.67. The molecule has 0 saturated carbocycles. The maximum absolute atomic E-state index is 12.2. The number of hydrogen-bond donors (Lipinski definition) is 2. The van der Waals surface area contributed by atoms with Gasteiger partial charge in [0.1, 0.15) is 5.82 Å². The van der Waals surface area contributed by atoms with E-state index in [0.717, 1.165) is 17.5 Å². The van der Waals surface area contributed by atoms with E-state index in [1.807, 2.05) is 49.4 Å². The molecule has 0 fully saturated rings. The molecule has 0 spiro atoms. The first-order valence-corrected chi connectivity index (χ1v) is 10.8. The lowest BCUT2D eigenvalue weighted by Crippen LogP contribution is -2.18. The second kappa shape index (κ2) is 9.32. The zero-order valence-electron chi connectivity index (χ0n) is 15.8. The molecule has 0 amide bonds. The third-order valence-corrected chi connectivity index (χ3v) is 5.59. The van der Waals surface area contributed by atoms with Crippen LogP contribution < -0.4 is 10.0 Å². The van der Waals surface area contributed by atoms with Gasteiger partial charge in [-0.25, -0.2) is 8.42 Å². The highest BCUT2D eigenvalue weighted by atomic mass is 32.2. The van der Waals surface area contributed by atoms with Crippen molar-refractivity contribution in [2.24, 2.45) is 0 Å². The Bertz CT molecular complexity index is 973. The summed E-state index contributed by atoms with van der Waals surface area (Å²) in [4.78, 5) is 0. The van der Waals surface area contributed by atoms with Crippen molar-refractivity contribution in [3.05, 3.63) is 83.4 Å². The maximum atomic E-state index is 12.2. The number of benzene rings is 2. The lowest BCUT2D eigenvalue weighted by atomic mass is 10.1. The van der Waals surface area contributed by atoms with Crippen LogP contribution in [0.3, 0.4) is 0 Å². The van der Waals surface area contributed by atoms with E-state index in [0.29, 0.717) is 18.8 Å². The Morgan fingerprint density at radius 2 is 1.50 bits per heavy atom. The molecule has 0 bridgehead atoms. The fourth-order valence-electron chi connectivity index (χ4n) is 2.70. The summed E-state index contributed by atoms with van der Waals surface area (Å²) in [6.07, 6.45) is 1.26. The molecule has 0 saturated heterocycles. The fourth-order valence-corrected chi connectivity index (χ4v) is 3.75. The van der Waals surface area contributed by atoms with Gasteiger partial charge in [0.05, 0.1) is 5.75 Å². The first-order chi connectivity index (χ1) is 13.5. The molecule has 2 aromatic carbocycles. The van der Waals surface area contributed by atoms with E-state index in [-0.39, 0.29) is 11.6 Å². The van der Waals surface area contributed by atoms with Gasteiger partial charge >= 0.3 is 0 Å². The predicted molar refractivity (Wildman–Crippen MR) is 113 cm³/mol. The quantitative estimate of drug-likeness (QED) is 0.575. The van der Waals surface area contributed by atoms with Crippen molar-refractivity contribution >= 4 is 21.7 Å². The number of sulfonamides is 1. The van der Waals surface area contributed by atoms with Crippen molar-refractivity contribution < 1.29 is 8.42 Å². The van der Waals surface area contributed by atoms with Crippen LogP contribution in [-0.4, -0.2) is 24.4 Å². The highest BCUT2D eigenvalue weighted by molar-refractivity contribution is 7.92. The zero-order valence-corrected chi connectivity index (χ0v) is 16.6. The molecular weight excluding hydrogens is 372 g/mol. The van der Waals surface area contributed by atoms with E-state index >= 15 is 0 Å². The van der Waals surface area contributed by atoms with Crippen LogP contribution in [0.4, 0.5) is 11.6 Å². The standard InChI is InChI=1S/C21H24N4O2S/c1-17-9-11-19(12-10-17)16-22-20-13-14-21(24-23-20)25-28(26,27)15-5-8-18-6-3-2-4-7-18/h2-4,6-7,9-14H,5,8,15-16H2,1H3,(H,22,23)(H,24,25). The van der Waals surface area contributed by atoms with Crippen molar-refractivity contribution in [3.63, 3.8) is 0 Å². The SMILES string of the molecule is Cc1ccc(CNc2ccc(NS(=O)(=O)CCCc3ccccc3)nn2)cc1. The Hall–Kier alpha value is -2.93. The van der Waals surface area contributed by atoms with Crippen molar-refractivity contribution in [3.8, 4) is 0 Å². The third-order valence-electron chi connectivity index (χ3n) is 4.24. The molecule has 0 radical (unpaired) electrons. The first-order valence-electron chi connectivity index (χ1n) is 9.18. The summed E-state index contributed by atoms with van der Waals surface area (Å²) in [5.74, 6) is 0.852. The van der Waals surface area contributed by atoms with Gasteiger partial charge in [-0.15, -0.1) is 10.2 Å². The molecular formula is C21H24N4O2S. The summed E-state index contributed by atoms with van der Waals surface area (Å²) >= 11 is 0. The average molecular weight is 397 g/mol. The Morgan fingerprint density at radius 1 is 0.821 bits per heavy atom. The summed E-state index contributed by atoms with van der Waals surface area (Å²) in [7, 11) is -3.45. The smallest absolute Gasteiger partial charge is 0.233 e. The van der Waals surface area contributed by atoms with E-state index in [9.17, 15) is 8.42 Å². The molecule has 0 aliphatic rings. The minimum absolute atomic E-state index is 0.0387. The minimum Gasteiger partial charge on any atom is -0.365 e. The van der Waals surface area contributed by atoms with Crippen LogP contribution in [0, 0.1) is 6.92 Å². The van der Waals surface area contributed by atoms with Gasteiger partial charge in [0, 0.05) is 6.54 Å². The van der Waals surface area contributed by atoms with Crippen LogP contribution in [0.2, 0.25) is 0 Å². The van der Waals surface area contributed by atoms with Gasteiger partial charge in [0.2, 0.25) is 10.0 Å². The number of nitrogens with zero attached hydrogens (tertiary/aromatic N) is 2. The van der Waals surface area contributed by atoms with E-state index in [1.165, 1.54) is 5.56 Å². The Balaban J connectivity index is 1.47. The lowest BCUT2D eigenvalue weighted by molar-refractivity contribution is 0.598. The van der Waals surface area contributed by atoms with Crippen LogP contribution in [0.1, 0.15) is 23.1 Å². The molecule has 1 aromatic heterocycles.